The molecule has 4 fully saturated rings. The van der Waals surface area contributed by atoms with Crippen molar-refractivity contribution in [1.82, 2.24) is 0 Å². The monoisotopic (exact) mass is 412 g/mol. The zero-order chi connectivity index (χ0) is 21.8. The van der Waals surface area contributed by atoms with E-state index in [9.17, 15) is 9.59 Å². The van der Waals surface area contributed by atoms with Gasteiger partial charge in [0.15, 0.2) is 5.78 Å². The number of esters is 1. The minimum absolute atomic E-state index is 0.0523. The lowest BCUT2D eigenvalue weighted by molar-refractivity contribution is -0.192. The molecule has 4 aliphatic rings. The summed E-state index contributed by atoms with van der Waals surface area (Å²) in [5.74, 6) is 0.615. The van der Waals surface area contributed by atoms with Gasteiger partial charge in [-0.2, -0.15) is 0 Å². The molecular weight excluding hydrogens is 376 g/mol. The molecule has 2 bridgehead atoms. The second-order valence-electron chi connectivity index (χ2n) is 10.6. The van der Waals surface area contributed by atoms with Crippen molar-refractivity contribution in [2.75, 3.05) is 13.2 Å². The molecule has 0 aromatic carbocycles. The van der Waals surface area contributed by atoms with Crippen LogP contribution in [-0.4, -0.2) is 30.6 Å². The van der Waals surface area contributed by atoms with E-state index in [1.807, 2.05) is 0 Å². The molecule has 0 aliphatic heterocycles. The van der Waals surface area contributed by atoms with Crippen LogP contribution in [-0.2, 0) is 19.1 Å². The quantitative estimate of drug-likeness (QED) is 0.342. The zero-order valence-corrected chi connectivity index (χ0v) is 18.6. The summed E-state index contributed by atoms with van der Waals surface area (Å²) in [5, 5.41) is 0. The van der Waals surface area contributed by atoms with Crippen LogP contribution in [0.3, 0.4) is 0 Å². The maximum atomic E-state index is 13.7. The SMILES string of the molecule is C=CCOC(=O)[C@]1(C)CCC[C@@]2(C)[C@@H]3CC[C@]4(OCC=C)C[C@@]3(CC[C@@H]21)C(=O)C4=C. The minimum atomic E-state index is -0.522. The van der Waals surface area contributed by atoms with Crippen LogP contribution < -0.4 is 0 Å². The molecule has 0 heterocycles. The van der Waals surface area contributed by atoms with E-state index in [0.29, 0.717) is 12.2 Å². The van der Waals surface area contributed by atoms with Crippen LogP contribution >= 0.6 is 0 Å². The van der Waals surface area contributed by atoms with Crippen LogP contribution in [0, 0.1) is 28.1 Å². The molecule has 0 aromatic heterocycles. The molecule has 4 nitrogen and oxygen atoms in total. The summed E-state index contributed by atoms with van der Waals surface area (Å²) >= 11 is 0. The van der Waals surface area contributed by atoms with Gasteiger partial charge >= 0.3 is 5.97 Å². The van der Waals surface area contributed by atoms with E-state index in [4.69, 9.17) is 9.47 Å². The summed E-state index contributed by atoms with van der Waals surface area (Å²) in [6, 6.07) is 0. The molecule has 164 valence electrons. The molecule has 0 amide bonds. The van der Waals surface area contributed by atoms with Gasteiger partial charge in [-0.1, -0.05) is 38.7 Å². The van der Waals surface area contributed by atoms with Gasteiger partial charge in [0, 0.05) is 11.0 Å². The standard InChI is InChI=1S/C26H36O4/c1-6-15-29-22(28)24(5)12-8-11-23(4)19(24)9-13-25-17-26(30-16-7-2,14-10-20(23)25)18(3)21(25)27/h6-7,19-20H,1-3,8-17H2,4-5H3/t19-,20-,23+,24+,25+,26-/m0/s1. The Morgan fingerprint density at radius 3 is 2.47 bits per heavy atom. The lowest BCUT2D eigenvalue weighted by atomic mass is 9.40. The Kier molecular flexibility index (Phi) is 5.16. The third-order valence-electron chi connectivity index (χ3n) is 9.31. The van der Waals surface area contributed by atoms with Gasteiger partial charge in [-0.25, -0.2) is 0 Å². The first-order chi connectivity index (χ1) is 14.2. The van der Waals surface area contributed by atoms with Crippen molar-refractivity contribution in [3.05, 3.63) is 37.5 Å². The topological polar surface area (TPSA) is 52.6 Å². The number of ether oxygens (including phenoxy) is 2. The molecule has 30 heavy (non-hydrogen) atoms. The Hall–Kier alpha value is -1.68. The van der Waals surface area contributed by atoms with Crippen molar-refractivity contribution in [3.63, 3.8) is 0 Å². The van der Waals surface area contributed by atoms with Gasteiger partial charge < -0.3 is 9.47 Å². The largest absolute Gasteiger partial charge is 0.461 e. The molecule has 0 aromatic rings. The lowest BCUT2D eigenvalue weighted by Gasteiger charge is -2.63. The molecule has 4 heteroatoms. The Balaban J connectivity index is 1.69. The van der Waals surface area contributed by atoms with Gasteiger partial charge in [-0.3, -0.25) is 9.59 Å². The molecule has 4 saturated carbocycles. The third-order valence-corrected chi connectivity index (χ3v) is 9.31. The average Bonchev–Trinajstić information content (AvgIpc) is 2.88. The van der Waals surface area contributed by atoms with Gasteiger partial charge in [0.1, 0.15) is 6.61 Å². The molecule has 0 N–H and O–H groups in total. The number of ketones is 1. The van der Waals surface area contributed by atoms with Crippen LogP contribution in [0.1, 0.15) is 65.2 Å². The lowest BCUT2D eigenvalue weighted by Crippen LogP contribution is -2.60. The predicted octanol–water partition coefficient (Wildman–Crippen LogP) is 5.19. The van der Waals surface area contributed by atoms with E-state index in [0.717, 1.165) is 51.4 Å². The second kappa shape index (κ2) is 7.19. The number of hydrogen-bond donors (Lipinski definition) is 0. The van der Waals surface area contributed by atoms with E-state index >= 15 is 0 Å². The highest BCUT2D eigenvalue weighted by atomic mass is 16.5. The number of carbonyl (C=O) groups excluding carboxylic acids is 2. The maximum Gasteiger partial charge on any atom is 0.312 e. The summed E-state index contributed by atoms with van der Waals surface area (Å²) in [7, 11) is 0. The van der Waals surface area contributed by atoms with Gasteiger partial charge in [0.25, 0.3) is 0 Å². The number of rotatable bonds is 6. The van der Waals surface area contributed by atoms with Gasteiger partial charge in [-0.15, -0.1) is 6.58 Å². The molecule has 0 unspecified atom stereocenters. The predicted molar refractivity (Wildman–Crippen MR) is 117 cm³/mol. The Labute approximate surface area is 180 Å². The van der Waals surface area contributed by atoms with Gasteiger partial charge in [0.05, 0.1) is 17.6 Å². The molecule has 4 aliphatic carbocycles. The van der Waals surface area contributed by atoms with Crippen LogP contribution in [0.4, 0.5) is 0 Å². The maximum absolute atomic E-state index is 13.7. The summed E-state index contributed by atoms with van der Waals surface area (Å²) in [6.45, 7) is 16.8. The second-order valence-corrected chi connectivity index (χ2v) is 10.6. The molecule has 0 saturated heterocycles. The molecule has 4 rings (SSSR count). The average molecular weight is 413 g/mol. The Bertz CT molecular complexity index is 799. The fraction of sp³-hybridized carbons (Fsp3) is 0.692. The highest BCUT2D eigenvalue weighted by Gasteiger charge is 2.71. The van der Waals surface area contributed by atoms with Gasteiger partial charge in [0.2, 0.25) is 0 Å². The smallest absolute Gasteiger partial charge is 0.312 e. The first kappa shape index (κ1) is 21.5. The molecule has 0 radical (unpaired) electrons. The molecular formula is C26H36O4. The highest BCUT2D eigenvalue weighted by Crippen LogP contribution is 2.72. The Morgan fingerprint density at radius 2 is 1.77 bits per heavy atom. The number of hydrogen-bond acceptors (Lipinski definition) is 4. The fourth-order valence-corrected chi connectivity index (χ4v) is 8.07. The summed E-state index contributed by atoms with van der Waals surface area (Å²) < 4.78 is 11.8. The van der Waals surface area contributed by atoms with Crippen LogP contribution in [0.25, 0.3) is 0 Å². The summed E-state index contributed by atoms with van der Waals surface area (Å²) in [6.07, 6.45) is 10.5. The number of Topliss-reactive ketones (excluding diaryl/α,β-unsaturated/α-hetero) is 1. The molecule has 1 spiro atoms. The van der Waals surface area contributed by atoms with Gasteiger partial charge in [-0.05, 0) is 69.1 Å². The first-order valence-corrected chi connectivity index (χ1v) is 11.5. The zero-order valence-electron chi connectivity index (χ0n) is 18.6. The van der Waals surface area contributed by atoms with Crippen LogP contribution in [0.5, 0.6) is 0 Å². The van der Waals surface area contributed by atoms with Crippen LogP contribution in [0.15, 0.2) is 37.5 Å². The first-order valence-electron chi connectivity index (χ1n) is 11.5. The fourth-order valence-electron chi connectivity index (χ4n) is 8.07. The molecule has 6 atom stereocenters. The van der Waals surface area contributed by atoms with Crippen molar-refractivity contribution in [1.29, 1.82) is 0 Å². The van der Waals surface area contributed by atoms with Crippen molar-refractivity contribution >= 4 is 11.8 Å². The number of fused-ring (bicyclic) bond motifs is 3. The summed E-state index contributed by atoms with van der Waals surface area (Å²) in [5.41, 5.74) is -0.789. The van der Waals surface area contributed by atoms with E-state index < -0.39 is 11.0 Å². The van der Waals surface area contributed by atoms with E-state index in [2.05, 4.69) is 33.6 Å². The highest BCUT2D eigenvalue weighted by molar-refractivity contribution is 6.05. The van der Waals surface area contributed by atoms with Crippen molar-refractivity contribution in [2.24, 2.45) is 28.1 Å². The van der Waals surface area contributed by atoms with E-state index in [1.165, 1.54) is 0 Å². The Morgan fingerprint density at radius 1 is 1.07 bits per heavy atom. The van der Waals surface area contributed by atoms with Crippen molar-refractivity contribution in [3.8, 4) is 0 Å². The van der Waals surface area contributed by atoms with E-state index in [1.54, 1.807) is 12.2 Å². The van der Waals surface area contributed by atoms with E-state index in [-0.39, 0.29) is 41.0 Å². The van der Waals surface area contributed by atoms with Crippen molar-refractivity contribution in [2.45, 2.75) is 70.8 Å². The third kappa shape index (κ3) is 2.68. The number of carbonyl (C=O) groups is 2. The summed E-state index contributed by atoms with van der Waals surface area (Å²) in [4.78, 5) is 26.8. The van der Waals surface area contributed by atoms with Crippen LogP contribution in [0.2, 0.25) is 0 Å². The normalized spacial score (nSPS) is 44.7. The van der Waals surface area contributed by atoms with Crippen molar-refractivity contribution < 1.29 is 19.1 Å². The minimum Gasteiger partial charge on any atom is -0.461 e.